The second kappa shape index (κ2) is 8.58. The van der Waals surface area contributed by atoms with E-state index in [9.17, 15) is 22.8 Å². The van der Waals surface area contributed by atoms with Crippen molar-refractivity contribution < 1.29 is 32.3 Å². The number of fused-ring (bicyclic) bond motifs is 1. The van der Waals surface area contributed by atoms with E-state index < -0.39 is 41.6 Å². The van der Waals surface area contributed by atoms with Crippen LogP contribution in [-0.2, 0) is 20.6 Å². The van der Waals surface area contributed by atoms with E-state index >= 15 is 0 Å². The predicted octanol–water partition coefficient (Wildman–Crippen LogP) is 5.42. The molecule has 2 aliphatic rings. The van der Waals surface area contributed by atoms with Crippen LogP contribution >= 0.6 is 11.6 Å². The van der Waals surface area contributed by atoms with Crippen LogP contribution in [0.25, 0.3) is 0 Å². The largest absolute Gasteiger partial charge is 0.497 e. The minimum atomic E-state index is -4.51. The number of hydroxylamine groups is 1. The second-order valence-corrected chi connectivity index (χ2v) is 8.56. The molecule has 10 heteroatoms. The van der Waals surface area contributed by atoms with Crippen molar-refractivity contribution >= 4 is 34.8 Å². The minimum absolute atomic E-state index is 0.350. The molecule has 2 fully saturated rings. The minimum Gasteiger partial charge on any atom is -0.497 e. The number of rotatable bonds is 4. The lowest BCUT2D eigenvalue weighted by molar-refractivity contribution is -0.137. The van der Waals surface area contributed by atoms with Gasteiger partial charge in [-0.25, -0.2) is 9.96 Å². The van der Waals surface area contributed by atoms with Gasteiger partial charge in [-0.3, -0.25) is 14.4 Å². The fraction of sp³-hybridized carbons (Fsp3) is 0.200. The van der Waals surface area contributed by atoms with Gasteiger partial charge >= 0.3 is 6.18 Å². The molecule has 0 N–H and O–H groups in total. The van der Waals surface area contributed by atoms with Crippen molar-refractivity contribution in [2.24, 2.45) is 5.92 Å². The molecule has 2 amide bonds. The lowest BCUT2D eigenvalue weighted by Gasteiger charge is -2.29. The van der Waals surface area contributed by atoms with Crippen molar-refractivity contribution in [3.05, 3.63) is 88.9 Å². The summed E-state index contributed by atoms with van der Waals surface area (Å²) in [7, 11) is 1.50. The Bertz CT molecular complexity index is 1260. The molecule has 0 unspecified atom stereocenters. The van der Waals surface area contributed by atoms with Crippen LogP contribution in [0.15, 0.2) is 72.8 Å². The zero-order valence-electron chi connectivity index (χ0n) is 18.2. The Labute approximate surface area is 203 Å². The molecular weight excluding hydrogens is 485 g/mol. The molecular formula is C25H18ClF3N2O4. The fourth-order valence-corrected chi connectivity index (χ4v) is 4.55. The van der Waals surface area contributed by atoms with Crippen molar-refractivity contribution in [1.82, 2.24) is 0 Å². The van der Waals surface area contributed by atoms with Crippen LogP contribution < -0.4 is 14.7 Å². The van der Waals surface area contributed by atoms with E-state index in [0.717, 1.165) is 17.0 Å². The molecule has 2 aliphatic heterocycles. The SMILES string of the molecule is COc1ccc(N2C(=O)[C@@H]3[C@H](ON(c4ccc(Cl)cc4)[C@@H]3c3ccc(C(F)(F)F)cc3)C2=O)cc1. The zero-order chi connectivity index (χ0) is 24.9. The number of hydrogen-bond acceptors (Lipinski definition) is 5. The number of benzene rings is 3. The average Bonchev–Trinajstić information content (AvgIpc) is 3.35. The fourth-order valence-electron chi connectivity index (χ4n) is 4.42. The van der Waals surface area contributed by atoms with Crippen molar-refractivity contribution in [1.29, 1.82) is 0 Å². The topological polar surface area (TPSA) is 59.1 Å². The van der Waals surface area contributed by atoms with Gasteiger partial charge in [0.15, 0.2) is 6.10 Å². The van der Waals surface area contributed by atoms with E-state index in [4.69, 9.17) is 21.2 Å². The number of carbonyl (C=O) groups excluding carboxylic acids is 2. The molecule has 0 bridgehead atoms. The van der Waals surface area contributed by atoms with E-state index in [1.165, 1.54) is 24.3 Å². The van der Waals surface area contributed by atoms with E-state index in [2.05, 4.69) is 0 Å². The monoisotopic (exact) mass is 502 g/mol. The molecule has 35 heavy (non-hydrogen) atoms. The number of halogens is 4. The summed E-state index contributed by atoms with van der Waals surface area (Å²) >= 11 is 5.99. The molecule has 0 aliphatic carbocycles. The van der Waals surface area contributed by atoms with E-state index in [1.807, 2.05) is 0 Å². The summed E-state index contributed by atoms with van der Waals surface area (Å²) in [6.07, 6.45) is -5.65. The second-order valence-electron chi connectivity index (χ2n) is 8.13. The summed E-state index contributed by atoms with van der Waals surface area (Å²) in [6, 6.07) is 16.6. The van der Waals surface area contributed by atoms with Crippen LogP contribution in [0.3, 0.4) is 0 Å². The van der Waals surface area contributed by atoms with E-state index in [1.54, 1.807) is 48.5 Å². The lowest BCUT2D eigenvalue weighted by atomic mass is 9.90. The molecule has 0 saturated carbocycles. The number of nitrogens with zero attached hydrogens (tertiary/aromatic N) is 2. The third-order valence-electron chi connectivity index (χ3n) is 6.11. The van der Waals surface area contributed by atoms with Crippen LogP contribution in [-0.4, -0.2) is 25.0 Å². The van der Waals surface area contributed by atoms with Crippen LogP contribution in [0.5, 0.6) is 5.75 Å². The van der Waals surface area contributed by atoms with Gasteiger partial charge in [0.2, 0.25) is 5.91 Å². The van der Waals surface area contributed by atoms with Crippen LogP contribution in [0.2, 0.25) is 5.02 Å². The first-order valence-corrected chi connectivity index (χ1v) is 11.0. The maximum Gasteiger partial charge on any atom is 0.416 e. The maximum atomic E-state index is 13.6. The van der Waals surface area contributed by atoms with Gasteiger partial charge in [-0.1, -0.05) is 23.7 Å². The Morgan fingerprint density at radius 1 is 0.857 bits per heavy atom. The van der Waals surface area contributed by atoms with Gasteiger partial charge in [-0.05, 0) is 66.2 Å². The highest BCUT2D eigenvalue weighted by Gasteiger charge is 2.60. The summed E-state index contributed by atoms with van der Waals surface area (Å²) in [5.41, 5.74) is 0.440. The molecule has 2 saturated heterocycles. The summed E-state index contributed by atoms with van der Waals surface area (Å²) in [5.74, 6) is -1.48. The number of ether oxygens (including phenoxy) is 1. The highest BCUT2D eigenvalue weighted by atomic mass is 35.5. The molecule has 5 rings (SSSR count). The number of anilines is 2. The van der Waals surface area contributed by atoms with Crippen molar-refractivity contribution in [3.8, 4) is 5.75 Å². The molecule has 0 aromatic heterocycles. The molecule has 3 aromatic rings. The first kappa shape index (κ1) is 23.2. The molecule has 3 atom stereocenters. The van der Waals surface area contributed by atoms with Gasteiger partial charge in [0.05, 0.1) is 30.1 Å². The van der Waals surface area contributed by atoms with E-state index in [0.29, 0.717) is 27.7 Å². The Hall–Kier alpha value is -3.56. The van der Waals surface area contributed by atoms with Gasteiger partial charge in [0, 0.05) is 5.02 Å². The first-order valence-electron chi connectivity index (χ1n) is 10.6. The number of amides is 2. The van der Waals surface area contributed by atoms with Gasteiger partial charge < -0.3 is 4.74 Å². The quantitative estimate of drug-likeness (QED) is 0.446. The molecule has 0 radical (unpaired) electrons. The normalized spacial score (nSPS) is 22.0. The summed E-state index contributed by atoms with van der Waals surface area (Å²) in [4.78, 5) is 33.9. The van der Waals surface area contributed by atoms with Crippen molar-refractivity contribution in [2.45, 2.75) is 18.3 Å². The Morgan fingerprint density at radius 3 is 2.03 bits per heavy atom. The zero-order valence-corrected chi connectivity index (χ0v) is 19.0. The van der Waals surface area contributed by atoms with Gasteiger partial charge in [0.1, 0.15) is 11.7 Å². The number of alkyl halides is 3. The maximum absolute atomic E-state index is 13.6. The summed E-state index contributed by atoms with van der Waals surface area (Å²) < 4.78 is 44.5. The van der Waals surface area contributed by atoms with E-state index in [-0.39, 0.29) is 0 Å². The van der Waals surface area contributed by atoms with Crippen LogP contribution in [0.4, 0.5) is 24.5 Å². The Balaban J connectivity index is 1.55. The Morgan fingerprint density at radius 2 is 1.46 bits per heavy atom. The van der Waals surface area contributed by atoms with Gasteiger partial charge in [-0.2, -0.15) is 13.2 Å². The third kappa shape index (κ3) is 4.00. The first-order chi connectivity index (χ1) is 16.7. The molecule has 3 aromatic carbocycles. The number of imide groups is 1. The highest BCUT2D eigenvalue weighted by Crippen LogP contribution is 2.48. The van der Waals surface area contributed by atoms with Crippen LogP contribution in [0.1, 0.15) is 17.2 Å². The summed E-state index contributed by atoms with van der Waals surface area (Å²) in [5, 5.41) is 1.87. The van der Waals surface area contributed by atoms with Crippen LogP contribution in [0, 0.1) is 5.92 Å². The lowest BCUT2D eigenvalue weighted by Crippen LogP contribution is -2.37. The smallest absolute Gasteiger partial charge is 0.416 e. The summed E-state index contributed by atoms with van der Waals surface area (Å²) in [6.45, 7) is 0. The number of carbonyl (C=O) groups is 2. The van der Waals surface area contributed by atoms with Gasteiger partial charge in [-0.15, -0.1) is 0 Å². The third-order valence-corrected chi connectivity index (χ3v) is 6.36. The molecule has 0 spiro atoms. The molecule has 2 heterocycles. The predicted molar refractivity (Wildman–Crippen MR) is 122 cm³/mol. The molecule has 6 nitrogen and oxygen atoms in total. The highest BCUT2D eigenvalue weighted by molar-refractivity contribution is 6.30. The Kier molecular flexibility index (Phi) is 5.69. The number of methoxy groups -OCH3 is 1. The molecule has 180 valence electrons. The van der Waals surface area contributed by atoms with Crippen molar-refractivity contribution in [2.75, 3.05) is 17.1 Å². The van der Waals surface area contributed by atoms with Crippen molar-refractivity contribution in [3.63, 3.8) is 0 Å². The average molecular weight is 503 g/mol. The standard InChI is InChI=1S/C25H18ClF3N2O4/c1-34-19-12-10-17(11-13-19)30-23(32)20-21(14-2-4-15(5-3-14)25(27,28)29)31(35-22(20)24(30)33)18-8-6-16(26)7-9-18/h2-13,20-22H,1H3/t20-,21+,22-/m0/s1. The number of hydrogen-bond donors (Lipinski definition) is 0. The van der Waals surface area contributed by atoms with Gasteiger partial charge in [0.25, 0.3) is 5.91 Å².